The Morgan fingerprint density at radius 2 is 1.94 bits per heavy atom. The van der Waals surface area contributed by atoms with Crippen LogP contribution in [0.2, 0.25) is 0 Å². The molecule has 1 N–H and O–H groups in total. The number of aliphatic hydroxyl groups is 1. The third kappa shape index (κ3) is 6.16. The third-order valence-electron chi connectivity index (χ3n) is 2.63. The zero-order valence-electron chi connectivity index (χ0n) is 10.6. The van der Waals surface area contributed by atoms with E-state index in [1.54, 1.807) is 6.92 Å². The predicted molar refractivity (Wildman–Crippen MR) is 59.6 cm³/mol. The van der Waals surface area contributed by atoms with Gasteiger partial charge in [-0.05, 0) is 19.8 Å². The summed E-state index contributed by atoms with van der Waals surface area (Å²) >= 11 is 0. The van der Waals surface area contributed by atoms with Gasteiger partial charge in [-0.25, -0.2) is 8.42 Å². The molecule has 0 saturated heterocycles. The fraction of sp³-hybridized carbons (Fsp3) is 1.00. The Kier molecular flexibility index (Phi) is 9.92. The Morgan fingerprint density at radius 3 is 2.18 bits per heavy atom. The fourth-order valence-electron chi connectivity index (χ4n) is 1.43. The quantitative estimate of drug-likeness (QED) is 0.330. The first kappa shape index (κ1) is 20.4. The molecule has 0 aromatic carbocycles. The van der Waals surface area contributed by atoms with E-state index in [0.717, 1.165) is 0 Å². The summed E-state index contributed by atoms with van der Waals surface area (Å²) in [5.41, 5.74) is -0.610. The molecule has 0 aliphatic heterocycles. The van der Waals surface area contributed by atoms with Crippen LogP contribution in [0.25, 0.3) is 0 Å². The molecule has 0 fully saturated rings. The van der Waals surface area contributed by atoms with Crippen molar-refractivity contribution in [2.24, 2.45) is 0 Å². The zero-order chi connectivity index (χ0) is 13.0. The molecule has 0 aliphatic rings. The minimum absolute atomic E-state index is 0. The van der Waals surface area contributed by atoms with E-state index < -0.39 is 34.7 Å². The molecule has 0 bridgehead atoms. The van der Waals surface area contributed by atoms with Crippen molar-refractivity contribution in [1.29, 1.82) is 0 Å². The maximum absolute atomic E-state index is 12.0. The summed E-state index contributed by atoms with van der Waals surface area (Å²) in [6.07, 6.45) is -0.326. The van der Waals surface area contributed by atoms with Crippen LogP contribution in [-0.4, -0.2) is 42.4 Å². The second kappa shape index (κ2) is 8.27. The zero-order valence-corrected chi connectivity index (χ0v) is 14.3. The first-order valence-electron chi connectivity index (χ1n) is 4.91. The minimum Gasteiger partial charge on any atom is -0.748 e. The van der Waals surface area contributed by atoms with E-state index in [2.05, 4.69) is 0 Å². The molecule has 0 radical (unpaired) electrons. The summed E-state index contributed by atoms with van der Waals surface area (Å²) in [5.74, 6) is 0. The van der Waals surface area contributed by atoms with Crippen LogP contribution in [0.15, 0.2) is 0 Å². The van der Waals surface area contributed by atoms with Crippen LogP contribution >= 0.6 is 7.37 Å². The number of aliphatic hydroxyl groups excluding tert-OH is 1. The maximum atomic E-state index is 12.0. The largest absolute Gasteiger partial charge is 1.00 e. The van der Waals surface area contributed by atoms with Crippen LogP contribution in [0.3, 0.4) is 0 Å². The van der Waals surface area contributed by atoms with Gasteiger partial charge in [-0.2, -0.15) is 0 Å². The van der Waals surface area contributed by atoms with Gasteiger partial charge in [-0.3, -0.25) is 4.57 Å². The summed E-state index contributed by atoms with van der Waals surface area (Å²) in [6, 6.07) is 0. The maximum Gasteiger partial charge on any atom is 1.00 e. The van der Waals surface area contributed by atoms with Crippen LogP contribution in [-0.2, 0) is 19.2 Å². The van der Waals surface area contributed by atoms with Crippen LogP contribution in [0, 0.1) is 0 Å². The summed E-state index contributed by atoms with van der Waals surface area (Å²) in [4.78, 5) is 0. The van der Waals surface area contributed by atoms with Gasteiger partial charge in [-0.15, -0.1) is 0 Å². The third-order valence-corrected chi connectivity index (χ3v) is 6.51. The molecule has 0 aromatic rings. The molecule has 0 spiro atoms. The normalized spacial score (nSPS) is 18.9. The van der Waals surface area contributed by atoms with Crippen LogP contribution in [0.1, 0.15) is 26.7 Å². The van der Waals surface area contributed by atoms with Crippen molar-refractivity contribution in [3.05, 3.63) is 0 Å². The molecule has 3 unspecified atom stereocenters. The van der Waals surface area contributed by atoms with E-state index in [4.69, 9.17) is 9.63 Å². The van der Waals surface area contributed by atoms with Gasteiger partial charge in [0.05, 0.1) is 10.1 Å². The molecular formula is C8H18NaO6PS. The van der Waals surface area contributed by atoms with Crippen molar-refractivity contribution < 1.29 is 56.7 Å². The Bertz CT molecular complexity index is 349. The molecule has 98 valence electrons. The number of hydrogen-bond acceptors (Lipinski definition) is 6. The predicted octanol–water partition coefficient (Wildman–Crippen LogP) is -2.03. The van der Waals surface area contributed by atoms with Gasteiger partial charge in [0.15, 0.2) is 0 Å². The molecule has 0 aromatic heterocycles. The topological polar surface area (TPSA) is 104 Å². The van der Waals surface area contributed by atoms with Crippen molar-refractivity contribution in [2.45, 2.75) is 37.6 Å². The fourth-order valence-corrected chi connectivity index (χ4v) is 3.88. The van der Waals surface area contributed by atoms with Gasteiger partial charge in [0.2, 0.25) is 7.37 Å². The Hall–Kier alpha value is 1.06. The van der Waals surface area contributed by atoms with Crippen LogP contribution in [0.4, 0.5) is 0 Å². The van der Waals surface area contributed by atoms with Crippen LogP contribution in [0.5, 0.6) is 0 Å². The molecule has 0 heterocycles. The molecular weight excluding hydrogens is 278 g/mol. The molecule has 9 heteroatoms. The minimum atomic E-state index is -4.39. The number of rotatable bonds is 7. The summed E-state index contributed by atoms with van der Waals surface area (Å²) in [5, 5.41) is 7.85. The molecule has 6 nitrogen and oxygen atoms in total. The van der Waals surface area contributed by atoms with Gasteiger partial charge in [0.25, 0.3) is 0 Å². The van der Waals surface area contributed by atoms with Crippen molar-refractivity contribution in [3.8, 4) is 0 Å². The van der Waals surface area contributed by atoms with Gasteiger partial charge in [-0.1, -0.05) is 6.92 Å². The van der Waals surface area contributed by atoms with E-state index in [1.165, 1.54) is 14.0 Å². The SMILES string of the molecule is CCC(CC(C)S(=O)(=O)[O-])P(=O)(CO)OC.[Na+]. The van der Waals surface area contributed by atoms with E-state index in [-0.39, 0.29) is 36.0 Å². The second-order valence-electron chi connectivity index (χ2n) is 3.65. The van der Waals surface area contributed by atoms with E-state index in [0.29, 0.717) is 6.42 Å². The first-order valence-corrected chi connectivity index (χ1v) is 8.26. The van der Waals surface area contributed by atoms with Crippen molar-refractivity contribution in [3.63, 3.8) is 0 Å². The molecule has 0 rings (SSSR count). The number of hydrogen-bond donors (Lipinski definition) is 1. The van der Waals surface area contributed by atoms with Gasteiger partial charge >= 0.3 is 29.6 Å². The standard InChI is InChI=1S/C8H19O6PS.Na/c1-4-8(15(10,6-9)14-3)5-7(2)16(11,12)13;/h7-9H,4-6H2,1-3H3,(H,11,12,13);/q;+1/p-1. The molecule has 0 aliphatic carbocycles. The van der Waals surface area contributed by atoms with Gasteiger partial charge in [0.1, 0.15) is 6.35 Å². The summed E-state index contributed by atoms with van der Waals surface area (Å²) in [6.45, 7) is 2.97. The first-order chi connectivity index (χ1) is 7.21. The van der Waals surface area contributed by atoms with E-state index in [1.807, 2.05) is 0 Å². The van der Waals surface area contributed by atoms with Gasteiger partial charge < -0.3 is 14.2 Å². The molecule has 0 saturated carbocycles. The Morgan fingerprint density at radius 1 is 1.47 bits per heavy atom. The van der Waals surface area contributed by atoms with E-state index >= 15 is 0 Å². The molecule has 3 atom stereocenters. The monoisotopic (exact) mass is 296 g/mol. The van der Waals surface area contributed by atoms with Crippen molar-refractivity contribution in [2.75, 3.05) is 13.5 Å². The Labute approximate surface area is 125 Å². The van der Waals surface area contributed by atoms with Crippen molar-refractivity contribution >= 4 is 17.5 Å². The summed E-state index contributed by atoms with van der Waals surface area (Å²) in [7, 11) is -6.45. The van der Waals surface area contributed by atoms with Crippen molar-refractivity contribution in [1.82, 2.24) is 0 Å². The molecule has 17 heavy (non-hydrogen) atoms. The van der Waals surface area contributed by atoms with Gasteiger partial charge in [0, 0.05) is 18.0 Å². The average molecular weight is 296 g/mol. The summed E-state index contributed by atoms with van der Waals surface area (Å²) < 4.78 is 49.0. The Balaban J connectivity index is 0. The second-order valence-corrected chi connectivity index (χ2v) is 8.27. The average Bonchev–Trinajstić information content (AvgIpc) is 2.23. The molecule has 0 amide bonds. The smallest absolute Gasteiger partial charge is 0.748 e. The van der Waals surface area contributed by atoms with E-state index in [9.17, 15) is 17.5 Å². The van der Waals surface area contributed by atoms with Crippen LogP contribution < -0.4 is 29.6 Å².